The van der Waals surface area contributed by atoms with Crippen molar-refractivity contribution in [2.75, 3.05) is 32.5 Å². The lowest BCUT2D eigenvalue weighted by Gasteiger charge is -2.32. The number of para-hydroxylation sites is 1. The molecule has 112 valence electrons. The van der Waals surface area contributed by atoms with Crippen molar-refractivity contribution in [2.24, 2.45) is 5.92 Å². The minimum atomic E-state index is 0.0476. The van der Waals surface area contributed by atoms with E-state index in [1.807, 2.05) is 29.2 Å². The number of nitrogens with one attached hydrogen (secondary N) is 1. The summed E-state index contributed by atoms with van der Waals surface area (Å²) >= 11 is 0. The summed E-state index contributed by atoms with van der Waals surface area (Å²) in [5.41, 5.74) is 8.06. The largest absolute Gasteiger partial charge is 0.397 e. The van der Waals surface area contributed by atoms with Crippen LogP contribution < -0.4 is 5.73 Å². The molecule has 1 aliphatic rings. The van der Waals surface area contributed by atoms with Crippen molar-refractivity contribution in [1.82, 2.24) is 9.88 Å². The van der Waals surface area contributed by atoms with Gasteiger partial charge in [0.25, 0.3) is 5.91 Å². The lowest BCUT2D eigenvalue weighted by molar-refractivity contribution is 0.0566. The number of hydrogen-bond donors (Lipinski definition) is 2. The topological polar surface area (TPSA) is 71.3 Å². The summed E-state index contributed by atoms with van der Waals surface area (Å²) < 4.78 is 5.22. The van der Waals surface area contributed by atoms with Crippen molar-refractivity contribution < 1.29 is 9.53 Å². The molecule has 21 heavy (non-hydrogen) atoms. The Morgan fingerprint density at radius 3 is 3.14 bits per heavy atom. The molecule has 3 N–H and O–H groups in total. The molecule has 0 bridgehead atoms. The van der Waals surface area contributed by atoms with E-state index in [4.69, 9.17) is 10.5 Å². The predicted octanol–water partition coefficient (Wildman–Crippen LogP) is 2.25. The second kappa shape index (κ2) is 5.77. The Morgan fingerprint density at radius 2 is 2.38 bits per heavy atom. The number of piperidine rings is 1. The molecule has 0 saturated carbocycles. The van der Waals surface area contributed by atoms with Crippen LogP contribution in [0.5, 0.6) is 0 Å². The van der Waals surface area contributed by atoms with Crippen LogP contribution in [-0.4, -0.2) is 42.6 Å². The minimum absolute atomic E-state index is 0.0476. The van der Waals surface area contributed by atoms with Gasteiger partial charge in [0.2, 0.25) is 0 Å². The third kappa shape index (κ3) is 2.74. The summed E-state index contributed by atoms with van der Waals surface area (Å²) in [6.45, 7) is 2.28. The van der Waals surface area contributed by atoms with Gasteiger partial charge in [-0.2, -0.15) is 0 Å². The first-order valence-corrected chi connectivity index (χ1v) is 7.34. The number of carbonyl (C=O) groups is 1. The predicted molar refractivity (Wildman–Crippen MR) is 83.2 cm³/mol. The SMILES string of the molecule is COCC1CCCN(C(=O)c2cc3cccc(N)c3[nH]2)C1. The van der Waals surface area contributed by atoms with E-state index in [0.29, 0.717) is 23.9 Å². The number of aromatic nitrogens is 1. The first-order chi connectivity index (χ1) is 10.2. The van der Waals surface area contributed by atoms with E-state index >= 15 is 0 Å². The molecule has 3 rings (SSSR count). The lowest BCUT2D eigenvalue weighted by atomic mass is 9.99. The van der Waals surface area contributed by atoms with Crippen LogP contribution in [0.2, 0.25) is 0 Å². The molecule has 1 aromatic carbocycles. The van der Waals surface area contributed by atoms with Crippen molar-refractivity contribution in [3.63, 3.8) is 0 Å². The van der Waals surface area contributed by atoms with E-state index in [1.165, 1.54) is 0 Å². The number of fused-ring (bicyclic) bond motifs is 1. The number of methoxy groups -OCH3 is 1. The highest BCUT2D eigenvalue weighted by Gasteiger charge is 2.25. The van der Waals surface area contributed by atoms with Gasteiger partial charge in [0.15, 0.2) is 0 Å². The summed E-state index contributed by atoms with van der Waals surface area (Å²) in [7, 11) is 1.71. The fourth-order valence-electron chi connectivity index (χ4n) is 3.09. The molecule has 0 radical (unpaired) electrons. The van der Waals surface area contributed by atoms with Crippen LogP contribution in [0.25, 0.3) is 10.9 Å². The average molecular weight is 287 g/mol. The van der Waals surface area contributed by atoms with Gasteiger partial charge < -0.3 is 20.4 Å². The number of nitrogens with zero attached hydrogens (tertiary/aromatic N) is 1. The van der Waals surface area contributed by atoms with Gasteiger partial charge in [-0.1, -0.05) is 12.1 Å². The van der Waals surface area contributed by atoms with Gasteiger partial charge in [0.1, 0.15) is 5.69 Å². The number of anilines is 1. The molecule has 1 saturated heterocycles. The molecular weight excluding hydrogens is 266 g/mol. The number of ether oxygens (including phenoxy) is 1. The van der Waals surface area contributed by atoms with E-state index < -0.39 is 0 Å². The van der Waals surface area contributed by atoms with Crippen LogP contribution >= 0.6 is 0 Å². The van der Waals surface area contributed by atoms with Gasteiger partial charge in [0, 0.05) is 25.6 Å². The fourth-order valence-corrected chi connectivity index (χ4v) is 3.09. The number of rotatable bonds is 3. The Kier molecular flexibility index (Phi) is 3.84. The maximum absolute atomic E-state index is 12.6. The third-order valence-electron chi connectivity index (χ3n) is 4.13. The first-order valence-electron chi connectivity index (χ1n) is 7.34. The van der Waals surface area contributed by atoms with E-state index in [-0.39, 0.29) is 5.91 Å². The standard InChI is InChI=1S/C16H21N3O2/c1-21-10-11-4-3-7-19(9-11)16(20)14-8-12-5-2-6-13(17)15(12)18-14/h2,5-6,8,11,18H,3-4,7,9-10,17H2,1H3. The maximum Gasteiger partial charge on any atom is 0.270 e. The third-order valence-corrected chi connectivity index (χ3v) is 4.13. The van der Waals surface area contributed by atoms with Crippen LogP contribution in [0.15, 0.2) is 24.3 Å². The summed E-state index contributed by atoms with van der Waals surface area (Å²) in [5, 5.41) is 0.976. The molecule has 5 heteroatoms. The number of benzene rings is 1. The van der Waals surface area contributed by atoms with E-state index in [0.717, 1.165) is 36.8 Å². The summed E-state index contributed by atoms with van der Waals surface area (Å²) in [5.74, 6) is 0.480. The summed E-state index contributed by atoms with van der Waals surface area (Å²) in [6.07, 6.45) is 2.15. The Morgan fingerprint density at radius 1 is 1.52 bits per heavy atom. The Labute approximate surface area is 124 Å². The van der Waals surface area contributed by atoms with Crippen LogP contribution in [0.3, 0.4) is 0 Å². The van der Waals surface area contributed by atoms with Crippen molar-refractivity contribution in [3.8, 4) is 0 Å². The highest BCUT2D eigenvalue weighted by atomic mass is 16.5. The fraction of sp³-hybridized carbons (Fsp3) is 0.438. The van der Waals surface area contributed by atoms with Crippen LogP contribution in [0.1, 0.15) is 23.3 Å². The highest BCUT2D eigenvalue weighted by Crippen LogP contribution is 2.23. The highest BCUT2D eigenvalue weighted by molar-refractivity contribution is 6.00. The molecule has 2 aromatic rings. The average Bonchev–Trinajstić information content (AvgIpc) is 2.93. The van der Waals surface area contributed by atoms with Crippen molar-refractivity contribution in [1.29, 1.82) is 0 Å². The molecule has 1 aromatic heterocycles. The van der Waals surface area contributed by atoms with Crippen molar-refractivity contribution in [3.05, 3.63) is 30.0 Å². The first kappa shape index (κ1) is 13.9. The van der Waals surface area contributed by atoms with Crippen LogP contribution in [0.4, 0.5) is 5.69 Å². The number of nitrogen functional groups attached to an aromatic ring is 1. The van der Waals surface area contributed by atoms with E-state index in [9.17, 15) is 4.79 Å². The Balaban J connectivity index is 1.81. The number of nitrogens with two attached hydrogens (primary N) is 1. The molecular formula is C16H21N3O2. The zero-order chi connectivity index (χ0) is 14.8. The smallest absolute Gasteiger partial charge is 0.270 e. The number of likely N-dealkylation sites (tertiary alicyclic amines) is 1. The van der Waals surface area contributed by atoms with Gasteiger partial charge in [-0.3, -0.25) is 4.79 Å². The number of amides is 1. The molecule has 1 amide bonds. The van der Waals surface area contributed by atoms with Gasteiger partial charge >= 0.3 is 0 Å². The molecule has 1 atom stereocenters. The number of hydrogen-bond acceptors (Lipinski definition) is 3. The lowest BCUT2D eigenvalue weighted by Crippen LogP contribution is -2.41. The summed E-state index contributed by atoms with van der Waals surface area (Å²) in [6, 6.07) is 7.58. The van der Waals surface area contributed by atoms with Crippen molar-refractivity contribution >= 4 is 22.5 Å². The van der Waals surface area contributed by atoms with Crippen molar-refractivity contribution in [2.45, 2.75) is 12.8 Å². The summed E-state index contributed by atoms with van der Waals surface area (Å²) in [4.78, 5) is 17.7. The van der Waals surface area contributed by atoms with Gasteiger partial charge in [0.05, 0.1) is 17.8 Å². The van der Waals surface area contributed by atoms with Crippen LogP contribution in [-0.2, 0) is 4.74 Å². The zero-order valence-corrected chi connectivity index (χ0v) is 12.3. The minimum Gasteiger partial charge on any atom is -0.397 e. The van der Waals surface area contributed by atoms with Gasteiger partial charge in [-0.05, 0) is 30.9 Å². The Hall–Kier alpha value is -2.01. The molecule has 2 heterocycles. The number of H-pyrrole nitrogens is 1. The molecule has 1 aliphatic heterocycles. The number of aromatic amines is 1. The van der Waals surface area contributed by atoms with E-state index in [2.05, 4.69) is 4.98 Å². The molecule has 5 nitrogen and oxygen atoms in total. The quantitative estimate of drug-likeness (QED) is 0.851. The molecule has 0 aliphatic carbocycles. The second-order valence-electron chi connectivity index (χ2n) is 5.71. The normalized spacial score (nSPS) is 19.1. The van der Waals surface area contributed by atoms with Gasteiger partial charge in [-0.25, -0.2) is 0 Å². The van der Waals surface area contributed by atoms with E-state index in [1.54, 1.807) is 7.11 Å². The number of carbonyl (C=O) groups excluding carboxylic acids is 1. The molecule has 0 spiro atoms. The zero-order valence-electron chi connectivity index (χ0n) is 12.3. The van der Waals surface area contributed by atoms with Crippen LogP contribution in [0, 0.1) is 5.92 Å². The van der Waals surface area contributed by atoms with Gasteiger partial charge in [-0.15, -0.1) is 0 Å². The Bertz CT molecular complexity index is 648. The molecule has 1 unspecified atom stereocenters. The monoisotopic (exact) mass is 287 g/mol. The second-order valence-corrected chi connectivity index (χ2v) is 5.71. The maximum atomic E-state index is 12.6. The molecule has 1 fully saturated rings.